The van der Waals surface area contributed by atoms with E-state index in [1.165, 1.54) is 30.3 Å². The zero-order chi connectivity index (χ0) is 30.3. The van der Waals surface area contributed by atoms with E-state index < -0.39 is 45.2 Å². The van der Waals surface area contributed by atoms with Gasteiger partial charge < -0.3 is 10.2 Å². The number of hydrogen-bond acceptors (Lipinski definition) is 6. The molecule has 0 bridgehead atoms. The molecular formula is C29H33FN4O6S. The summed E-state index contributed by atoms with van der Waals surface area (Å²) in [6, 6.07) is 17.1. The standard InChI is InChI=1S/C29H33FN4O6S/c1-20(2)31-29(36)27(16-22-10-6-5-7-11-22)32(18-23-12-8-9-13-25(23)30)28(35)19-33(41(4,39)40)26-17-24(34(37)38)15-14-21(26)3/h5-15,17,20,27H,16,18-19H2,1-4H3,(H,31,36)/t27-/m1/s1. The smallest absolute Gasteiger partial charge is 0.271 e. The molecule has 0 spiro atoms. The average Bonchev–Trinajstić information content (AvgIpc) is 2.90. The van der Waals surface area contributed by atoms with Crippen LogP contribution >= 0.6 is 0 Å². The van der Waals surface area contributed by atoms with Gasteiger partial charge in [0.1, 0.15) is 18.4 Å². The lowest BCUT2D eigenvalue weighted by Gasteiger charge is -2.34. The highest BCUT2D eigenvalue weighted by Crippen LogP contribution is 2.28. The summed E-state index contributed by atoms with van der Waals surface area (Å²) in [6.07, 6.45) is 0.959. The van der Waals surface area contributed by atoms with E-state index in [4.69, 9.17) is 0 Å². The predicted octanol–water partition coefficient (Wildman–Crippen LogP) is 3.97. The molecule has 0 aliphatic heterocycles. The molecule has 0 fully saturated rings. The van der Waals surface area contributed by atoms with Gasteiger partial charge in [0, 0.05) is 36.7 Å². The van der Waals surface area contributed by atoms with Crippen LogP contribution in [0.1, 0.15) is 30.5 Å². The Bertz CT molecular complexity index is 1510. The molecule has 218 valence electrons. The van der Waals surface area contributed by atoms with Gasteiger partial charge in [0.15, 0.2) is 0 Å². The van der Waals surface area contributed by atoms with E-state index >= 15 is 0 Å². The lowest BCUT2D eigenvalue weighted by atomic mass is 10.0. The number of carbonyl (C=O) groups excluding carboxylic acids is 2. The fourth-order valence-electron chi connectivity index (χ4n) is 4.32. The monoisotopic (exact) mass is 584 g/mol. The van der Waals surface area contributed by atoms with E-state index in [0.29, 0.717) is 5.56 Å². The highest BCUT2D eigenvalue weighted by Gasteiger charge is 2.34. The molecule has 0 saturated heterocycles. The first-order chi connectivity index (χ1) is 19.3. The number of carbonyl (C=O) groups is 2. The van der Waals surface area contributed by atoms with Crippen LogP contribution in [0.4, 0.5) is 15.8 Å². The van der Waals surface area contributed by atoms with Crippen molar-refractivity contribution in [3.63, 3.8) is 0 Å². The molecule has 0 radical (unpaired) electrons. The molecule has 12 heteroatoms. The molecule has 0 heterocycles. The van der Waals surface area contributed by atoms with Gasteiger partial charge >= 0.3 is 0 Å². The summed E-state index contributed by atoms with van der Waals surface area (Å²) in [5, 5.41) is 14.2. The van der Waals surface area contributed by atoms with E-state index in [9.17, 15) is 32.5 Å². The number of nitrogens with zero attached hydrogens (tertiary/aromatic N) is 3. The maximum atomic E-state index is 14.8. The molecule has 10 nitrogen and oxygen atoms in total. The zero-order valence-corrected chi connectivity index (χ0v) is 24.1. The van der Waals surface area contributed by atoms with Crippen molar-refractivity contribution in [1.82, 2.24) is 10.2 Å². The number of amides is 2. The fourth-order valence-corrected chi connectivity index (χ4v) is 5.22. The first-order valence-electron chi connectivity index (χ1n) is 12.9. The summed E-state index contributed by atoms with van der Waals surface area (Å²) in [7, 11) is -4.13. The Kier molecular flexibility index (Phi) is 10.2. The second-order valence-corrected chi connectivity index (χ2v) is 11.9. The van der Waals surface area contributed by atoms with Gasteiger partial charge in [0.2, 0.25) is 21.8 Å². The Balaban J connectivity index is 2.12. The van der Waals surface area contributed by atoms with E-state index in [0.717, 1.165) is 27.1 Å². The van der Waals surface area contributed by atoms with Crippen LogP contribution in [0, 0.1) is 22.9 Å². The normalized spacial score (nSPS) is 12.0. The number of non-ortho nitro benzene ring substituents is 1. The first-order valence-corrected chi connectivity index (χ1v) is 14.7. The number of aryl methyl sites for hydroxylation is 1. The van der Waals surface area contributed by atoms with Crippen LogP contribution in [0.3, 0.4) is 0 Å². The minimum Gasteiger partial charge on any atom is -0.352 e. The van der Waals surface area contributed by atoms with Gasteiger partial charge in [-0.3, -0.25) is 24.0 Å². The van der Waals surface area contributed by atoms with Crippen molar-refractivity contribution in [2.45, 2.75) is 45.8 Å². The van der Waals surface area contributed by atoms with E-state index in [2.05, 4.69) is 5.32 Å². The van der Waals surface area contributed by atoms with Gasteiger partial charge in [-0.25, -0.2) is 12.8 Å². The molecule has 3 aromatic carbocycles. The van der Waals surface area contributed by atoms with Gasteiger partial charge in [0.25, 0.3) is 5.69 Å². The SMILES string of the molecule is Cc1ccc([N+](=O)[O-])cc1N(CC(=O)N(Cc1ccccc1F)[C@H](Cc1ccccc1)C(=O)NC(C)C)S(C)(=O)=O. The number of sulfonamides is 1. The van der Waals surface area contributed by atoms with Crippen LogP contribution in [0.2, 0.25) is 0 Å². The van der Waals surface area contributed by atoms with Crippen molar-refractivity contribution in [3.05, 3.63) is 105 Å². The van der Waals surface area contributed by atoms with Crippen LogP contribution in [0.15, 0.2) is 72.8 Å². The Hall–Kier alpha value is -4.32. The third-order valence-corrected chi connectivity index (χ3v) is 7.48. The number of rotatable bonds is 12. The second-order valence-electron chi connectivity index (χ2n) is 9.98. The van der Waals surface area contributed by atoms with E-state index in [1.807, 2.05) is 0 Å². The average molecular weight is 585 g/mol. The summed E-state index contributed by atoms with van der Waals surface area (Å²) >= 11 is 0. The number of nitro groups is 1. The van der Waals surface area contributed by atoms with Crippen molar-refractivity contribution in [2.75, 3.05) is 17.1 Å². The molecule has 2 amide bonds. The number of nitrogens with one attached hydrogen (secondary N) is 1. The van der Waals surface area contributed by atoms with Crippen molar-refractivity contribution in [2.24, 2.45) is 0 Å². The van der Waals surface area contributed by atoms with Crippen molar-refractivity contribution >= 4 is 33.2 Å². The summed E-state index contributed by atoms with van der Waals surface area (Å²) < 4.78 is 41.4. The maximum Gasteiger partial charge on any atom is 0.271 e. The third-order valence-electron chi connectivity index (χ3n) is 6.35. The van der Waals surface area contributed by atoms with Crippen LogP contribution < -0.4 is 9.62 Å². The lowest BCUT2D eigenvalue weighted by molar-refractivity contribution is -0.384. The number of benzene rings is 3. The van der Waals surface area contributed by atoms with Crippen molar-refractivity contribution in [1.29, 1.82) is 0 Å². The Morgan fingerprint density at radius 3 is 2.24 bits per heavy atom. The molecule has 0 saturated carbocycles. The highest BCUT2D eigenvalue weighted by molar-refractivity contribution is 7.92. The molecular weight excluding hydrogens is 551 g/mol. The zero-order valence-electron chi connectivity index (χ0n) is 23.3. The lowest BCUT2D eigenvalue weighted by Crippen LogP contribution is -2.54. The van der Waals surface area contributed by atoms with Crippen LogP contribution in [0.5, 0.6) is 0 Å². The van der Waals surface area contributed by atoms with Crippen molar-refractivity contribution < 1.29 is 27.3 Å². The molecule has 0 aliphatic carbocycles. The van der Waals surface area contributed by atoms with Gasteiger partial charge in [0.05, 0.1) is 16.9 Å². The maximum absolute atomic E-state index is 14.8. The number of anilines is 1. The minimum absolute atomic E-state index is 0.0490. The number of hydrogen-bond donors (Lipinski definition) is 1. The molecule has 1 atom stereocenters. The fraction of sp³-hybridized carbons (Fsp3) is 0.310. The Labute approximate surface area is 239 Å². The summed E-state index contributed by atoms with van der Waals surface area (Å²) in [5.74, 6) is -1.88. The molecule has 1 N–H and O–H groups in total. The number of halogens is 1. The number of nitro benzene ring substituents is 1. The van der Waals surface area contributed by atoms with Gasteiger partial charge in [-0.05, 0) is 38.0 Å². The molecule has 3 aromatic rings. The van der Waals surface area contributed by atoms with E-state index in [1.54, 1.807) is 57.2 Å². The quantitative estimate of drug-likeness (QED) is 0.253. The largest absolute Gasteiger partial charge is 0.352 e. The summed E-state index contributed by atoms with van der Waals surface area (Å²) in [4.78, 5) is 39.4. The molecule has 0 aliphatic rings. The molecule has 0 unspecified atom stereocenters. The van der Waals surface area contributed by atoms with Gasteiger partial charge in [-0.1, -0.05) is 54.6 Å². The Morgan fingerprint density at radius 2 is 1.66 bits per heavy atom. The van der Waals surface area contributed by atoms with E-state index in [-0.39, 0.29) is 35.9 Å². The van der Waals surface area contributed by atoms with Crippen molar-refractivity contribution in [3.8, 4) is 0 Å². The summed E-state index contributed by atoms with van der Waals surface area (Å²) in [5.41, 5.74) is 0.846. The van der Waals surface area contributed by atoms with Crippen LogP contribution in [0.25, 0.3) is 0 Å². The summed E-state index contributed by atoms with van der Waals surface area (Å²) in [6.45, 7) is 4.00. The third kappa shape index (κ3) is 8.34. The second kappa shape index (κ2) is 13.4. The van der Waals surface area contributed by atoms with Gasteiger partial charge in [-0.15, -0.1) is 0 Å². The minimum atomic E-state index is -4.13. The van der Waals surface area contributed by atoms with Crippen LogP contribution in [-0.4, -0.2) is 54.9 Å². The predicted molar refractivity (Wildman–Crippen MR) is 154 cm³/mol. The van der Waals surface area contributed by atoms with Gasteiger partial charge in [-0.2, -0.15) is 0 Å². The first kappa shape index (κ1) is 31.2. The van der Waals surface area contributed by atoms with Crippen LogP contribution in [-0.2, 0) is 32.6 Å². The Morgan fingerprint density at radius 1 is 1.02 bits per heavy atom. The highest BCUT2D eigenvalue weighted by atomic mass is 32.2. The molecule has 41 heavy (non-hydrogen) atoms. The molecule has 0 aromatic heterocycles. The molecule has 3 rings (SSSR count). The topological polar surface area (TPSA) is 130 Å².